The number of carboxylic acid groups (broad SMARTS) is 1. The van der Waals surface area contributed by atoms with E-state index in [4.69, 9.17) is 4.74 Å². The van der Waals surface area contributed by atoms with Crippen molar-refractivity contribution in [2.75, 3.05) is 0 Å². The Bertz CT molecular complexity index is 1360. The van der Waals surface area contributed by atoms with Crippen molar-refractivity contribution in [3.05, 3.63) is 47.8 Å². The van der Waals surface area contributed by atoms with Crippen LogP contribution in [0.4, 0.5) is 4.39 Å². The van der Waals surface area contributed by atoms with Crippen molar-refractivity contribution in [2.45, 2.75) is 99.3 Å². The Morgan fingerprint density at radius 1 is 1.00 bits per heavy atom. The summed E-state index contributed by atoms with van der Waals surface area (Å²) in [7, 11) is 0. The third kappa shape index (κ3) is 3.70. The van der Waals surface area contributed by atoms with Crippen molar-refractivity contribution < 1.29 is 23.8 Å². The number of hydrogen-bond donors (Lipinski definition) is 1. The number of halogens is 1. The van der Waals surface area contributed by atoms with Gasteiger partial charge in [-0.15, -0.1) is 0 Å². The molecule has 0 aromatic heterocycles. The van der Waals surface area contributed by atoms with Crippen LogP contribution in [0.5, 0.6) is 5.75 Å². The summed E-state index contributed by atoms with van der Waals surface area (Å²) in [6.45, 7) is 19.1. The Morgan fingerprint density at radius 3 is 2.38 bits per heavy atom. The number of rotatable bonds is 5. The second-order valence-corrected chi connectivity index (χ2v) is 16.0. The number of ether oxygens (including phenoxy) is 1. The maximum Gasteiger partial charge on any atom is 0.309 e. The summed E-state index contributed by atoms with van der Waals surface area (Å²) in [5.41, 5.74) is 2.82. The lowest BCUT2D eigenvalue weighted by atomic mass is 9.32. The molecule has 1 N–H and O–H groups in total. The number of aliphatic carboxylic acids is 1. The van der Waals surface area contributed by atoms with Crippen LogP contribution in [0.2, 0.25) is 0 Å². The summed E-state index contributed by atoms with van der Waals surface area (Å²) in [4.78, 5) is 23.7. The molecule has 6 rings (SSSR count). The number of hydrogen-bond acceptors (Lipinski definition) is 3. The quantitative estimate of drug-likeness (QED) is 0.280. The van der Waals surface area contributed by atoms with Crippen molar-refractivity contribution in [3.63, 3.8) is 0 Å². The molecule has 9 atom stereocenters. The molecule has 5 aliphatic rings. The van der Waals surface area contributed by atoms with E-state index in [1.165, 1.54) is 17.2 Å². The minimum absolute atomic E-state index is 0.0400. The summed E-state index contributed by atoms with van der Waals surface area (Å²) in [6, 6.07) is 4.96. The predicted molar refractivity (Wildman–Crippen MR) is 163 cm³/mol. The number of carbonyl (C=O) groups is 2. The third-order valence-corrected chi connectivity index (χ3v) is 14.5. The van der Waals surface area contributed by atoms with Crippen LogP contribution in [0.1, 0.15) is 105 Å². The molecule has 0 saturated heterocycles. The summed E-state index contributed by atoms with van der Waals surface area (Å²) in [5.74, 6) is 0.771. The van der Waals surface area contributed by atoms with Crippen LogP contribution in [-0.2, 0) is 9.59 Å². The lowest BCUT2D eigenvalue weighted by Gasteiger charge is -2.72. The average Bonchev–Trinajstić information content (AvgIpc) is 3.32. The zero-order valence-electron chi connectivity index (χ0n) is 26.4. The third-order valence-electron chi connectivity index (χ3n) is 14.5. The number of allylic oxidation sites excluding steroid dienone is 3. The fraction of sp³-hybridized carbons (Fsp3) is 0.676. The summed E-state index contributed by atoms with van der Waals surface area (Å²) in [5, 5.41) is 10.6. The lowest BCUT2D eigenvalue weighted by Crippen LogP contribution is -2.65. The average molecular weight is 577 g/mol. The predicted octanol–water partition coefficient (Wildman–Crippen LogP) is 9.10. The topological polar surface area (TPSA) is 63.6 Å². The first-order valence-corrected chi connectivity index (χ1v) is 16.2. The van der Waals surface area contributed by atoms with Crippen molar-refractivity contribution in [2.24, 2.45) is 56.7 Å². The Balaban J connectivity index is 1.37. The molecule has 1 aromatic carbocycles. The second-order valence-electron chi connectivity index (χ2n) is 16.0. The molecule has 4 nitrogen and oxygen atoms in total. The normalized spacial score (nSPS) is 43.6. The van der Waals surface area contributed by atoms with Crippen LogP contribution < -0.4 is 4.74 Å². The van der Waals surface area contributed by atoms with Gasteiger partial charge in [-0.25, -0.2) is 4.39 Å². The monoisotopic (exact) mass is 576 g/mol. The van der Waals surface area contributed by atoms with Crippen molar-refractivity contribution in [1.82, 2.24) is 0 Å². The Kier molecular flexibility index (Phi) is 6.73. The van der Waals surface area contributed by atoms with E-state index in [9.17, 15) is 19.1 Å². The first kappa shape index (κ1) is 29.6. The first-order valence-electron chi connectivity index (χ1n) is 16.2. The summed E-state index contributed by atoms with van der Waals surface area (Å²) < 4.78 is 19.6. The van der Waals surface area contributed by atoms with Crippen LogP contribution in [-0.4, -0.2) is 17.5 Å². The molecule has 0 amide bonds. The zero-order valence-corrected chi connectivity index (χ0v) is 26.4. The molecule has 0 spiro atoms. The van der Waals surface area contributed by atoms with Crippen LogP contribution in [0.25, 0.3) is 5.57 Å². The number of carboxylic acids is 1. The molecule has 0 heterocycles. The van der Waals surface area contributed by atoms with Crippen LogP contribution in [0, 0.1) is 62.5 Å². The molecule has 5 heteroatoms. The minimum Gasteiger partial charge on any atom is -0.481 e. The largest absolute Gasteiger partial charge is 0.481 e. The highest BCUT2D eigenvalue weighted by Crippen LogP contribution is 2.77. The van der Waals surface area contributed by atoms with Gasteiger partial charge < -0.3 is 9.84 Å². The van der Waals surface area contributed by atoms with Crippen molar-refractivity contribution in [3.8, 4) is 5.75 Å². The van der Waals surface area contributed by atoms with Gasteiger partial charge in [0, 0.05) is 0 Å². The van der Waals surface area contributed by atoms with Gasteiger partial charge in [0.2, 0.25) is 0 Å². The number of fused-ring (bicyclic) bond motifs is 7. The van der Waals surface area contributed by atoms with E-state index in [-0.39, 0.29) is 39.8 Å². The number of carbonyl (C=O) groups excluding carboxylic acids is 1. The van der Waals surface area contributed by atoms with Crippen LogP contribution in [0.3, 0.4) is 0 Å². The first-order chi connectivity index (χ1) is 19.7. The van der Waals surface area contributed by atoms with Gasteiger partial charge in [-0.2, -0.15) is 0 Å². The smallest absolute Gasteiger partial charge is 0.309 e. The van der Waals surface area contributed by atoms with Crippen LogP contribution >= 0.6 is 0 Å². The van der Waals surface area contributed by atoms with E-state index in [0.717, 1.165) is 63.4 Å². The molecule has 0 radical (unpaired) electrons. The van der Waals surface area contributed by atoms with E-state index in [1.807, 2.05) is 6.07 Å². The molecular weight excluding hydrogens is 527 g/mol. The van der Waals surface area contributed by atoms with E-state index in [0.29, 0.717) is 23.7 Å². The van der Waals surface area contributed by atoms with E-state index >= 15 is 0 Å². The van der Waals surface area contributed by atoms with E-state index < -0.39 is 17.2 Å². The molecule has 1 aromatic rings. The maximum atomic E-state index is 14.8. The van der Waals surface area contributed by atoms with Crippen molar-refractivity contribution in [1.29, 1.82) is 0 Å². The van der Waals surface area contributed by atoms with Crippen LogP contribution in [0.15, 0.2) is 36.4 Å². The van der Waals surface area contributed by atoms with Gasteiger partial charge in [0.05, 0.1) is 5.41 Å². The minimum atomic E-state index is -0.593. The number of benzene rings is 1. The van der Waals surface area contributed by atoms with Gasteiger partial charge in [-0.3, -0.25) is 9.59 Å². The molecule has 0 unspecified atom stereocenters. The highest BCUT2D eigenvalue weighted by Gasteiger charge is 2.71. The SMILES string of the molecule is C=C(C)[C@@H]1CC[C@]2(C(=O)O)CC[C@]3(C)[C@H](CC[C@@H]4[C@@]5(C)CC=C(c6ccc(OC=O)c(F)c6)C(C)(C)[C@@H]5CC[C@]43C)[C@@H]12. The maximum absolute atomic E-state index is 14.8. The van der Waals surface area contributed by atoms with E-state index in [2.05, 4.69) is 54.2 Å². The Morgan fingerprint density at radius 2 is 1.74 bits per heavy atom. The molecule has 0 bridgehead atoms. The summed E-state index contributed by atoms with van der Waals surface area (Å²) >= 11 is 0. The van der Waals surface area contributed by atoms with Gasteiger partial charge in [0.1, 0.15) is 0 Å². The molecule has 4 fully saturated rings. The van der Waals surface area contributed by atoms with Gasteiger partial charge in [-0.1, -0.05) is 58.9 Å². The van der Waals surface area contributed by atoms with Gasteiger partial charge in [0.15, 0.2) is 11.6 Å². The molecular formula is C37H49FO4. The highest BCUT2D eigenvalue weighted by atomic mass is 19.1. The molecule has 0 aliphatic heterocycles. The van der Waals surface area contributed by atoms with Gasteiger partial charge >= 0.3 is 5.97 Å². The van der Waals surface area contributed by atoms with E-state index in [1.54, 1.807) is 6.07 Å². The van der Waals surface area contributed by atoms with Gasteiger partial charge in [0.25, 0.3) is 6.47 Å². The summed E-state index contributed by atoms with van der Waals surface area (Å²) in [6.07, 6.45) is 11.4. The molecule has 5 aliphatic carbocycles. The molecule has 4 saturated carbocycles. The molecule has 228 valence electrons. The second kappa shape index (κ2) is 9.53. The zero-order chi connectivity index (χ0) is 30.5. The lowest BCUT2D eigenvalue weighted by molar-refractivity contribution is -0.227. The Labute approximate surface area is 251 Å². The highest BCUT2D eigenvalue weighted by molar-refractivity contribution is 5.76. The fourth-order valence-corrected chi connectivity index (χ4v) is 12.4. The fourth-order valence-electron chi connectivity index (χ4n) is 12.4. The Hall–Kier alpha value is -2.43. The van der Waals surface area contributed by atoms with Gasteiger partial charge in [-0.05, 0) is 139 Å². The molecule has 42 heavy (non-hydrogen) atoms. The van der Waals surface area contributed by atoms with Crippen molar-refractivity contribution >= 4 is 18.0 Å². The standard InChI is InChI=1S/C37H49FO4/c1-22(2)24-12-17-37(32(40)41)19-18-35(6)26(31(24)37)9-11-30-34(5)15-13-25(23-8-10-28(42-21-39)27(38)20-23)33(3,4)29(34)14-16-36(30,35)7/h8,10,13,20-21,24,26,29-31H,1,9,11-12,14-19H2,2-7H3,(H,40,41)/t24-,26+,29-,30+,31+,34-,35+,36+,37-/m0/s1.